The van der Waals surface area contributed by atoms with Crippen LogP contribution >= 0.6 is 15.9 Å². The van der Waals surface area contributed by atoms with E-state index < -0.39 is 10.0 Å². The summed E-state index contributed by atoms with van der Waals surface area (Å²) in [5, 5.41) is 3.84. The Hall–Kier alpha value is -1.18. The number of hydrogen-bond acceptors (Lipinski definition) is 3. The summed E-state index contributed by atoms with van der Waals surface area (Å²) in [4.78, 5) is 0.167. The molecule has 1 aromatic heterocycles. The van der Waals surface area contributed by atoms with Crippen molar-refractivity contribution in [3.8, 4) is 0 Å². The van der Waals surface area contributed by atoms with Crippen molar-refractivity contribution in [3.05, 3.63) is 46.7 Å². The average molecular weight is 330 g/mol. The Morgan fingerprint density at radius 2 is 2.22 bits per heavy atom. The van der Waals surface area contributed by atoms with Gasteiger partial charge >= 0.3 is 0 Å². The second kappa shape index (κ2) is 5.21. The largest absolute Gasteiger partial charge is 0.274 e. The molecule has 5 nitrogen and oxygen atoms in total. The molecule has 2 aromatic rings. The number of aryl methyl sites for hydroxylation is 1. The number of nitrogens with zero attached hydrogens (tertiary/aromatic N) is 2. The summed E-state index contributed by atoms with van der Waals surface area (Å²) in [6, 6.07) is 7.47. The van der Waals surface area contributed by atoms with Gasteiger partial charge in [0, 0.05) is 24.3 Å². The zero-order valence-corrected chi connectivity index (χ0v) is 12.1. The van der Waals surface area contributed by atoms with Crippen LogP contribution in [0.4, 0.5) is 0 Å². The Labute approximate surface area is 114 Å². The number of rotatable bonds is 4. The summed E-state index contributed by atoms with van der Waals surface area (Å²) in [7, 11) is -1.83. The van der Waals surface area contributed by atoms with Gasteiger partial charge in [0.25, 0.3) is 0 Å². The van der Waals surface area contributed by atoms with Crippen LogP contribution in [-0.2, 0) is 23.6 Å². The third-order valence-electron chi connectivity index (χ3n) is 2.35. The molecule has 1 aromatic carbocycles. The maximum Gasteiger partial charge on any atom is 0.243 e. The van der Waals surface area contributed by atoms with Crippen LogP contribution in [0.5, 0.6) is 0 Å². The molecule has 96 valence electrons. The van der Waals surface area contributed by atoms with Crippen LogP contribution in [0.2, 0.25) is 0 Å². The second-order valence-electron chi connectivity index (χ2n) is 3.80. The molecule has 0 aliphatic heterocycles. The van der Waals surface area contributed by atoms with Gasteiger partial charge in [0.1, 0.15) is 4.90 Å². The summed E-state index contributed by atoms with van der Waals surface area (Å²) in [6.45, 7) is 0.247. The first-order chi connectivity index (χ1) is 8.47. The molecule has 0 fully saturated rings. The van der Waals surface area contributed by atoms with E-state index in [1.807, 2.05) is 24.3 Å². The molecule has 0 radical (unpaired) electrons. The van der Waals surface area contributed by atoms with Crippen LogP contribution in [0.1, 0.15) is 5.56 Å². The number of aromatic nitrogens is 2. The zero-order valence-electron chi connectivity index (χ0n) is 9.67. The van der Waals surface area contributed by atoms with Crippen LogP contribution < -0.4 is 4.72 Å². The topological polar surface area (TPSA) is 64.0 Å². The molecule has 1 heterocycles. The lowest BCUT2D eigenvalue weighted by Gasteiger charge is -2.05. The smallest absolute Gasteiger partial charge is 0.243 e. The van der Waals surface area contributed by atoms with Gasteiger partial charge in [-0.15, -0.1) is 0 Å². The van der Waals surface area contributed by atoms with Crippen molar-refractivity contribution < 1.29 is 8.42 Å². The van der Waals surface area contributed by atoms with Gasteiger partial charge in [0.15, 0.2) is 0 Å². The maximum absolute atomic E-state index is 11.9. The van der Waals surface area contributed by atoms with Gasteiger partial charge < -0.3 is 0 Å². The minimum atomic E-state index is -3.50. The molecule has 0 spiro atoms. The number of benzene rings is 1. The molecule has 1 N–H and O–H groups in total. The Morgan fingerprint density at radius 3 is 2.83 bits per heavy atom. The third kappa shape index (κ3) is 3.18. The molecule has 0 unspecified atom stereocenters. The van der Waals surface area contributed by atoms with E-state index in [-0.39, 0.29) is 11.4 Å². The van der Waals surface area contributed by atoms with Crippen molar-refractivity contribution in [3.63, 3.8) is 0 Å². The number of sulfonamides is 1. The van der Waals surface area contributed by atoms with Crippen LogP contribution in [0.3, 0.4) is 0 Å². The highest BCUT2D eigenvalue weighted by Crippen LogP contribution is 2.12. The van der Waals surface area contributed by atoms with Gasteiger partial charge in [-0.3, -0.25) is 4.68 Å². The Morgan fingerprint density at radius 1 is 1.44 bits per heavy atom. The monoisotopic (exact) mass is 329 g/mol. The molecule has 0 amide bonds. The molecule has 0 bridgehead atoms. The standard InChI is InChI=1S/C11H12BrN3O2S/c1-15-8-11(7-13-15)18(16,17)14-6-9-3-2-4-10(12)5-9/h2-5,7-8,14H,6H2,1H3. The van der Waals surface area contributed by atoms with E-state index in [0.717, 1.165) is 10.0 Å². The van der Waals surface area contributed by atoms with Crippen LogP contribution in [0.15, 0.2) is 46.0 Å². The fourth-order valence-electron chi connectivity index (χ4n) is 1.45. The van der Waals surface area contributed by atoms with Crippen LogP contribution in [-0.4, -0.2) is 18.2 Å². The van der Waals surface area contributed by atoms with Crippen molar-refractivity contribution in [2.24, 2.45) is 7.05 Å². The molecular weight excluding hydrogens is 318 g/mol. The molecule has 0 saturated heterocycles. The molecule has 0 saturated carbocycles. The normalized spacial score (nSPS) is 11.7. The van der Waals surface area contributed by atoms with Gasteiger partial charge in [0.05, 0.1) is 6.20 Å². The number of nitrogens with one attached hydrogen (secondary N) is 1. The van der Waals surface area contributed by atoms with Crippen LogP contribution in [0, 0.1) is 0 Å². The molecule has 0 aliphatic rings. The lowest BCUT2D eigenvalue weighted by molar-refractivity contribution is 0.581. The van der Waals surface area contributed by atoms with Gasteiger partial charge in [-0.2, -0.15) is 5.10 Å². The molecule has 2 rings (SSSR count). The molecule has 7 heteroatoms. The molecule has 0 atom stereocenters. The molecule has 18 heavy (non-hydrogen) atoms. The summed E-state index contributed by atoms with van der Waals surface area (Å²) >= 11 is 3.34. The average Bonchev–Trinajstić information content (AvgIpc) is 2.74. The fourth-order valence-corrected chi connectivity index (χ4v) is 2.89. The highest BCUT2D eigenvalue weighted by Gasteiger charge is 2.15. The minimum absolute atomic E-state index is 0.167. The summed E-state index contributed by atoms with van der Waals surface area (Å²) in [5.74, 6) is 0. The van der Waals surface area contributed by atoms with Crippen molar-refractivity contribution in [1.82, 2.24) is 14.5 Å². The van der Waals surface area contributed by atoms with E-state index in [0.29, 0.717) is 0 Å². The first-order valence-corrected chi connectivity index (χ1v) is 7.48. The lowest BCUT2D eigenvalue weighted by Crippen LogP contribution is -2.22. The Kier molecular flexibility index (Phi) is 3.84. The van der Waals surface area contributed by atoms with Crippen molar-refractivity contribution in [2.45, 2.75) is 11.4 Å². The van der Waals surface area contributed by atoms with E-state index >= 15 is 0 Å². The SMILES string of the molecule is Cn1cc(S(=O)(=O)NCc2cccc(Br)c2)cn1. The van der Waals surface area contributed by atoms with Crippen molar-refractivity contribution in [2.75, 3.05) is 0 Å². The second-order valence-corrected chi connectivity index (χ2v) is 6.49. The van der Waals surface area contributed by atoms with Gasteiger partial charge in [-0.05, 0) is 17.7 Å². The fraction of sp³-hybridized carbons (Fsp3) is 0.182. The minimum Gasteiger partial charge on any atom is -0.274 e. The maximum atomic E-state index is 11.9. The summed E-state index contributed by atoms with van der Waals surface area (Å²) < 4.78 is 28.8. The molecular formula is C11H12BrN3O2S. The third-order valence-corrected chi connectivity index (χ3v) is 4.20. The summed E-state index contributed by atoms with van der Waals surface area (Å²) in [6.07, 6.45) is 2.78. The van der Waals surface area contributed by atoms with E-state index in [9.17, 15) is 8.42 Å². The zero-order chi connectivity index (χ0) is 13.2. The lowest BCUT2D eigenvalue weighted by atomic mass is 10.2. The van der Waals surface area contributed by atoms with E-state index in [2.05, 4.69) is 25.8 Å². The van der Waals surface area contributed by atoms with Gasteiger partial charge in [0.2, 0.25) is 10.0 Å². The van der Waals surface area contributed by atoms with Gasteiger partial charge in [-0.1, -0.05) is 28.1 Å². The highest BCUT2D eigenvalue weighted by atomic mass is 79.9. The van der Waals surface area contributed by atoms with Gasteiger partial charge in [-0.25, -0.2) is 13.1 Å². The predicted molar refractivity (Wildman–Crippen MR) is 71.4 cm³/mol. The molecule has 0 aliphatic carbocycles. The number of halogens is 1. The van der Waals surface area contributed by atoms with Crippen molar-refractivity contribution in [1.29, 1.82) is 0 Å². The van der Waals surface area contributed by atoms with E-state index in [1.54, 1.807) is 7.05 Å². The first-order valence-electron chi connectivity index (χ1n) is 5.20. The van der Waals surface area contributed by atoms with E-state index in [4.69, 9.17) is 0 Å². The predicted octanol–water partition coefficient (Wildman–Crippen LogP) is 1.66. The first kappa shape index (κ1) is 13.3. The Balaban J connectivity index is 2.10. The van der Waals surface area contributed by atoms with Crippen LogP contribution in [0.25, 0.3) is 0 Å². The Bertz CT molecular complexity index is 652. The quantitative estimate of drug-likeness (QED) is 0.927. The highest BCUT2D eigenvalue weighted by molar-refractivity contribution is 9.10. The number of hydrogen-bond donors (Lipinski definition) is 1. The van der Waals surface area contributed by atoms with Crippen molar-refractivity contribution >= 4 is 26.0 Å². The van der Waals surface area contributed by atoms with E-state index in [1.165, 1.54) is 17.1 Å². The summed E-state index contributed by atoms with van der Waals surface area (Å²) in [5.41, 5.74) is 0.886.